The second-order valence-corrected chi connectivity index (χ2v) is 5.34. The van der Waals surface area contributed by atoms with E-state index in [0.717, 1.165) is 10.0 Å². The van der Waals surface area contributed by atoms with Crippen molar-refractivity contribution in [3.63, 3.8) is 0 Å². The number of hydrogen-bond donors (Lipinski definition) is 1. The van der Waals surface area contributed by atoms with E-state index >= 15 is 0 Å². The molecule has 3 nitrogen and oxygen atoms in total. The Morgan fingerprint density at radius 3 is 2.59 bits per heavy atom. The summed E-state index contributed by atoms with van der Waals surface area (Å²) in [7, 11) is 0. The van der Waals surface area contributed by atoms with Crippen LogP contribution >= 0.6 is 39.1 Å². The number of halogens is 3. The molecule has 1 aromatic carbocycles. The molecule has 0 aliphatic rings. The molecule has 1 aromatic heterocycles. The first-order valence-corrected chi connectivity index (χ1v) is 6.49. The summed E-state index contributed by atoms with van der Waals surface area (Å²) in [5, 5.41) is 5.28. The predicted octanol–water partition coefficient (Wildman–Crippen LogP) is 4.14. The highest BCUT2D eigenvalue weighted by Crippen LogP contribution is 2.29. The number of aromatic nitrogens is 2. The first-order chi connectivity index (χ1) is 8.00. The van der Waals surface area contributed by atoms with E-state index in [1.165, 1.54) is 0 Å². The maximum absolute atomic E-state index is 5.99. The molecule has 1 heterocycles. The number of nitrogens with zero attached hydrogens (tertiary/aromatic N) is 2. The fraction of sp³-hybridized carbons (Fsp3) is 0.182. The molecule has 17 heavy (non-hydrogen) atoms. The normalized spacial score (nSPS) is 12.7. The Morgan fingerprint density at radius 1 is 1.35 bits per heavy atom. The molecule has 0 bridgehead atoms. The third-order valence-electron chi connectivity index (χ3n) is 2.58. The maximum Gasteiger partial charge on any atom is 0.136 e. The molecule has 2 N–H and O–H groups in total. The van der Waals surface area contributed by atoms with Crippen LogP contribution in [0.4, 0.5) is 5.82 Å². The summed E-state index contributed by atoms with van der Waals surface area (Å²) in [6.07, 6.45) is 1.67. The van der Waals surface area contributed by atoms with Gasteiger partial charge in [0.1, 0.15) is 5.82 Å². The van der Waals surface area contributed by atoms with Crippen molar-refractivity contribution in [3.8, 4) is 0 Å². The van der Waals surface area contributed by atoms with Crippen molar-refractivity contribution in [1.29, 1.82) is 0 Å². The Kier molecular flexibility index (Phi) is 3.66. The van der Waals surface area contributed by atoms with Gasteiger partial charge in [-0.1, -0.05) is 29.3 Å². The average Bonchev–Trinajstić information content (AvgIpc) is 2.63. The van der Waals surface area contributed by atoms with Crippen molar-refractivity contribution in [2.45, 2.75) is 13.0 Å². The largest absolute Gasteiger partial charge is 0.383 e. The molecule has 0 aliphatic carbocycles. The van der Waals surface area contributed by atoms with E-state index in [2.05, 4.69) is 21.0 Å². The molecular formula is C11H10BrCl2N3. The quantitative estimate of drug-likeness (QED) is 0.896. The monoisotopic (exact) mass is 333 g/mol. The molecule has 2 rings (SSSR count). The van der Waals surface area contributed by atoms with Crippen LogP contribution in [0.3, 0.4) is 0 Å². The van der Waals surface area contributed by atoms with E-state index in [4.69, 9.17) is 28.9 Å². The summed E-state index contributed by atoms with van der Waals surface area (Å²) in [5.74, 6) is 0.587. The van der Waals surface area contributed by atoms with E-state index in [9.17, 15) is 0 Å². The second-order valence-electron chi connectivity index (χ2n) is 3.67. The van der Waals surface area contributed by atoms with Gasteiger partial charge < -0.3 is 5.73 Å². The number of nitrogens with two attached hydrogens (primary N) is 1. The van der Waals surface area contributed by atoms with Crippen LogP contribution in [0.2, 0.25) is 10.0 Å². The van der Waals surface area contributed by atoms with Gasteiger partial charge in [0.15, 0.2) is 0 Å². The van der Waals surface area contributed by atoms with E-state index < -0.39 is 0 Å². The SMILES string of the molecule is CC(c1ccc(Cl)c(Cl)c1)n1ncc(Br)c1N. The number of anilines is 1. The third kappa shape index (κ3) is 2.44. The Balaban J connectivity index is 2.40. The summed E-state index contributed by atoms with van der Waals surface area (Å²) < 4.78 is 2.51. The lowest BCUT2D eigenvalue weighted by molar-refractivity contribution is 0.573. The van der Waals surface area contributed by atoms with Gasteiger partial charge in [-0.2, -0.15) is 5.10 Å². The third-order valence-corrected chi connectivity index (χ3v) is 3.93. The highest BCUT2D eigenvalue weighted by molar-refractivity contribution is 9.10. The Morgan fingerprint density at radius 2 is 2.06 bits per heavy atom. The molecule has 2 aromatic rings. The standard InChI is InChI=1S/C11H10BrCl2N3/c1-6(17-11(15)8(12)5-16-17)7-2-3-9(13)10(14)4-7/h2-6H,15H2,1H3. The summed E-state index contributed by atoms with van der Waals surface area (Å²) in [6.45, 7) is 2.00. The molecule has 0 radical (unpaired) electrons. The van der Waals surface area contributed by atoms with Gasteiger partial charge >= 0.3 is 0 Å². The van der Waals surface area contributed by atoms with Crippen molar-refractivity contribution in [2.24, 2.45) is 0 Å². The number of hydrogen-bond acceptors (Lipinski definition) is 2. The Labute approximate surface area is 118 Å². The lowest BCUT2D eigenvalue weighted by Gasteiger charge is -2.15. The molecule has 1 unspecified atom stereocenters. The number of rotatable bonds is 2. The Hall–Kier alpha value is -0.710. The minimum absolute atomic E-state index is 0.00364. The zero-order valence-electron chi connectivity index (χ0n) is 8.99. The van der Waals surface area contributed by atoms with Gasteiger partial charge in [0.25, 0.3) is 0 Å². The fourth-order valence-corrected chi connectivity index (χ4v) is 2.15. The molecule has 0 saturated heterocycles. The highest BCUT2D eigenvalue weighted by Gasteiger charge is 2.14. The highest BCUT2D eigenvalue weighted by atomic mass is 79.9. The molecule has 0 aliphatic heterocycles. The Bertz CT molecular complexity index is 554. The summed E-state index contributed by atoms with van der Waals surface area (Å²) in [6, 6.07) is 5.50. The van der Waals surface area contributed by atoms with Gasteiger partial charge in [0, 0.05) is 0 Å². The van der Waals surface area contributed by atoms with Crippen LogP contribution in [-0.4, -0.2) is 9.78 Å². The van der Waals surface area contributed by atoms with Crippen LogP contribution in [-0.2, 0) is 0 Å². The fourth-order valence-electron chi connectivity index (χ4n) is 1.57. The van der Waals surface area contributed by atoms with Crippen LogP contribution in [0.5, 0.6) is 0 Å². The molecule has 0 fully saturated rings. The number of benzene rings is 1. The van der Waals surface area contributed by atoms with Gasteiger partial charge in [0.05, 0.1) is 26.8 Å². The lowest BCUT2D eigenvalue weighted by atomic mass is 10.1. The summed E-state index contributed by atoms with van der Waals surface area (Å²) in [5.41, 5.74) is 6.90. The molecule has 0 saturated carbocycles. The van der Waals surface area contributed by atoms with Gasteiger partial charge in [-0.3, -0.25) is 0 Å². The molecule has 0 spiro atoms. The van der Waals surface area contributed by atoms with E-state index in [1.54, 1.807) is 16.9 Å². The summed E-state index contributed by atoms with van der Waals surface area (Å²) in [4.78, 5) is 0. The van der Waals surface area contributed by atoms with Gasteiger partial charge in [-0.25, -0.2) is 4.68 Å². The predicted molar refractivity (Wildman–Crippen MR) is 74.6 cm³/mol. The minimum Gasteiger partial charge on any atom is -0.383 e. The minimum atomic E-state index is -0.00364. The van der Waals surface area contributed by atoms with E-state index in [1.807, 2.05) is 19.1 Å². The molecule has 90 valence electrons. The number of nitrogen functional groups attached to an aromatic ring is 1. The van der Waals surface area contributed by atoms with Crippen LogP contribution in [0.25, 0.3) is 0 Å². The van der Waals surface area contributed by atoms with Crippen molar-refractivity contribution >= 4 is 44.9 Å². The topological polar surface area (TPSA) is 43.8 Å². The molecule has 0 amide bonds. The van der Waals surface area contributed by atoms with Crippen molar-refractivity contribution in [3.05, 3.63) is 44.5 Å². The van der Waals surface area contributed by atoms with Gasteiger partial charge in [-0.05, 0) is 40.5 Å². The van der Waals surface area contributed by atoms with E-state index in [0.29, 0.717) is 15.9 Å². The first-order valence-electron chi connectivity index (χ1n) is 4.94. The van der Waals surface area contributed by atoms with Crippen molar-refractivity contribution in [1.82, 2.24) is 9.78 Å². The smallest absolute Gasteiger partial charge is 0.136 e. The van der Waals surface area contributed by atoms with E-state index in [-0.39, 0.29) is 6.04 Å². The zero-order valence-corrected chi connectivity index (χ0v) is 12.1. The molecular weight excluding hydrogens is 325 g/mol. The lowest BCUT2D eigenvalue weighted by Crippen LogP contribution is -2.11. The van der Waals surface area contributed by atoms with Crippen LogP contribution in [0.15, 0.2) is 28.9 Å². The molecule has 1 atom stereocenters. The average molecular weight is 335 g/mol. The second kappa shape index (κ2) is 4.88. The zero-order chi connectivity index (χ0) is 12.6. The maximum atomic E-state index is 5.99. The van der Waals surface area contributed by atoms with Gasteiger partial charge in [0.2, 0.25) is 0 Å². The summed E-state index contributed by atoms with van der Waals surface area (Å²) >= 11 is 15.2. The van der Waals surface area contributed by atoms with Crippen LogP contribution < -0.4 is 5.73 Å². The van der Waals surface area contributed by atoms with Crippen molar-refractivity contribution in [2.75, 3.05) is 5.73 Å². The van der Waals surface area contributed by atoms with Crippen LogP contribution in [0, 0.1) is 0 Å². The van der Waals surface area contributed by atoms with Crippen molar-refractivity contribution < 1.29 is 0 Å². The molecule has 6 heteroatoms. The first kappa shape index (κ1) is 12.7. The van der Waals surface area contributed by atoms with Gasteiger partial charge in [-0.15, -0.1) is 0 Å². The van der Waals surface area contributed by atoms with Crippen LogP contribution in [0.1, 0.15) is 18.5 Å².